The Hall–Kier alpha value is -0.350. The van der Waals surface area contributed by atoms with Gasteiger partial charge in [-0.3, -0.25) is 9.69 Å². The number of amides is 1. The van der Waals surface area contributed by atoms with E-state index in [1.165, 1.54) is 24.6 Å². The highest BCUT2D eigenvalue weighted by Gasteiger charge is 2.29. The van der Waals surface area contributed by atoms with Gasteiger partial charge in [-0.1, -0.05) is 30.1 Å². The normalized spacial score (nSPS) is 26.2. The molecule has 1 aliphatic heterocycles. The van der Waals surface area contributed by atoms with E-state index in [2.05, 4.69) is 0 Å². The second-order valence-electron chi connectivity index (χ2n) is 3.48. The van der Waals surface area contributed by atoms with E-state index in [9.17, 15) is 4.79 Å². The molecule has 0 spiro atoms. The summed E-state index contributed by atoms with van der Waals surface area (Å²) in [6, 6.07) is 0. The Bertz CT molecular complexity index is 294. The summed E-state index contributed by atoms with van der Waals surface area (Å²) in [6.45, 7) is 0. The number of carbonyl (C=O) groups excluding carboxylic acids is 1. The van der Waals surface area contributed by atoms with Gasteiger partial charge in [-0.25, -0.2) is 0 Å². The van der Waals surface area contributed by atoms with Crippen LogP contribution in [0.1, 0.15) is 19.3 Å². The Morgan fingerprint density at radius 3 is 2.85 bits per heavy atom. The van der Waals surface area contributed by atoms with Crippen LogP contribution in [0.15, 0.2) is 11.0 Å². The molecule has 0 N–H and O–H groups in total. The van der Waals surface area contributed by atoms with E-state index in [0.717, 1.165) is 17.2 Å². The molecule has 0 bridgehead atoms. The highest BCUT2D eigenvalue weighted by atomic mass is 32.2. The molecule has 1 saturated carbocycles. The quantitative estimate of drug-likeness (QED) is 0.518. The van der Waals surface area contributed by atoms with Crippen molar-refractivity contribution < 1.29 is 4.79 Å². The predicted molar refractivity (Wildman–Crippen MR) is 58.4 cm³/mol. The number of nitrogens with zero attached hydrogens (tertiary/aromatic N) is 1. The van der Waals surface area contributed by atoms with Crippen LogP contribution in [0.5, 0.6) is 0 Å². The Morgan fingerprint density at radius 2 is 2.38 bits per heavy atom. The van der Waals surface area contributed by atoms with E-state index in [0.29, 0.717) is 4.32 Å². The Labute approximate surface area is 87.4 Å². The summed E-state index contributed by atoms with van der Waals surface area (Å²) >= 11 is 6.44. The predicted octanol–water partition coefficient (Wildman–Crippen LogP) is 2.16. The van der Waals surface area contributed by atoms with Crippen LogP contribution < -0.4 is 0 Å². The summed E-state index contributed by atoms with van der Waals surface area (Å²) < 4.78 is 0.673. The molecule has 1 heterocycles. The maximum atomic E-state index is 11.5. The number of likely N-dealkylation sites (N-methyl/N-ethyl adjacent to an activating group) is 1. The molecule has 13 heavy (non-hydrogen) atoms. The Balaban J connectivity index is 2.02. The monoisotopic (exact) mass is 213 g/mol. The second kappa shape index (κ2) is 3.42. The lowest BCUT2D eigenvalue weighted by Crippen LogP contribution is -2.22. The van der Waals surface area contributed by atoms with Crippen molar-refractivity contribution in [1.29, 1.82) is 0 Å². The van der Waals surface area contributed by atoms with Crippen LogP contribution >= 0.6 is 24.0 Å². The molecule has 0 aromatic carbocycles. The highest BCUT2D eigenvalue weighted by molar-refractivity contribution is 8.26. The van der Waals surface area contributed by atoms with Crippen molar-refractivity contribution in [3.63, 3.8) is 0 Å². The van der Waals surface area contributed by atoms with E-state index in [4.69, 9.17) is 12.2 Å². The summed E-state index contributed by atoms with van der Waals surface area (Å²) in [5, 5.41) is 0. The average molecular weight is 213 g/mol. The van der Waals surface area contributed by atoms with Gasteiger partial charge in [0.25, 0.3) is 5.91 Å². The minimum Gasteiger partial charge on any atom is -0.296 e. The lowest BCUT2D eigenvalue weighted by molar-refractivity contribution is -0.121. The summed E-state index contributed by atoms with van der Waals surface area (Å²) in [6.07, 6.45) is 5.73. The van der Waals surface area contributed by atoms with Crippen molar-refractivity contribution in [1.82, 2.24) is 4.90 Å². The van der Waals surface area contributed by atoms with Gasteiger partial charge >= 0.3 is 0 Å². The number of hydrogen-bond donors (Lipinski definition) is 0. The molecule has 0 aromatic heterocycles. The van der Waals surface area contributed by atoms with E-state index in [1.54, 1.807) is 11.9 Å². The SMILES string of the molecule is CN1C(=O)C(=CCC2CC2)SC1=S. The van der Waals surface area contributed by atoms with Crippen LogP contribution in [0.25, 0.3) is 0 Å². The first-order chi connectivity index (χ1) is 6.18. The summed E-state index contributed by atoms with van der Waals surface area (Å²) in [5.41, 5.74) is 0. The largest absolute Gasteiger partial charge is 0.296 e. The molecular weight excluding hydrogens is 202 g/mol. The Morgan fingerprint density at radius 1 is 1.69 bits per heavy atom. The van der Waals surface area contributed by atoms with Crippen molar-refractivity contribution >= 4 is 34.2 Å². The molecule has 0 radical (unpaired) electrons. The number of hydrogen-bond acceptors (Lipinski definition) is 3. The van der Waals surface area contributed by atoms with Gasteiger partial charge < -0.3 is 0 Å². The van der Waals surface area contributed by atoms with Crippen molar-refractivity contribution in [3.05, 3.63) is 11.0 Å². The van der Waals surface area contributed by atoms with Crippen LogP contribution in [-0.4, -0.2) is 22.2 Å². The third kappa shape index (κ3) is 1.94. The first-order valence-electron chi connectivity index (χ1n) is 4.38. The number of thiocarbonyl (C=S) groups is 1. The summed E-state index contributed by atoms with van der Waals surface area (Å²) in [5.74, 6) is 0.899. The fourth-order valence-electron chi connectivity index (χ4n) is 1.21. The lowest BCUT2D eigenvalue weighted by atomic mass is 10.2. The standard InChI is InChI=1S/C9H11NOS2/c1-10-8(11)7(13-9(10)12)5-4-6-2-3-6/h5-6H,2-4H2,1H3. The molecule has 2 fully saturated rings. The van der Waals surface area contributed by atoms with Crippen molar-refractivity contribution in [3.8, 4) is 0 Å². The zero-order valence-electron chi connectivity index (χ0n) is 7.45. The van der Waals surface area contributed by atoms with Crippen molar-refractivity contribution in [2.45, 2.75) is 19.3 Å². The minimum atomic E-state index is 0.0654. The topological polar surface area (TPSA) is 20.3 Å². The minimum absolute atomic E-state index is 0.0654. The lowest BCUT2D eigenvalue weighted by Gasteiger charge is -2.03. The first-order valence-corrected chi connectivity index (χ1v) is 5.61. The van der Waals surface area contributed by atoms with Gasteiger partial charge in [-0.05, 0) is 25.2 Å². The molecule has 2 rings (SSSR count). The van der Waals surface area contributed by atoms with Gasteiger partial charge in [-0.2, -0.15) is 0 Å². The van der Waals surface area contributed by atoms with Crippen molar-refractivity contribution in [2.24, 2.45) is 5.92 Å². The van der Waals surface area contributed by atoms with Crippen LogP contribution in [0, 0.1) is 5.92 Å². The number of carbonyl (C=O) groups is 1. The fraction of sp³-hybridized carbons (Fsp3) is 0.556. The van der Waals surface area contributed by atoms with Crippen LogP contribution in [0.3, 0.4) is 0 Å². The molecule has 70 valence electrons. The van der Waals surface area contributed by atoms with Gasteiger partial charge in [0.1, 0.15) is 4.32 Å². The maximum Gasteiger partial charge on any atom is 0.265 e. The molecule has 0 atom stereocenters. The molecule has 2 nitrogen and oxygen atoms in total. The smallest absolute Gasteiger partial charge is 0.265 e. The van der Waals surface area contributed by atoms with Crippen molar-refractivity contribution in [2.75, 3.05) is 7.05 Å². The molecule has 0 aromatic rings. The van der Waals surface area contributed by atoms with E-state index >= 15 is 0 Å². The average Bonchev–Trinajstić information content (AvgIpc) is 2.89. The molecule has 0 unspecified atom stereocenters. The number of allylic oxidation sites excluding steroid dienone is 1. The second-order valence-corrected chi connectivity index (χ2v) is 5.16. The first kappa shape index (κ1) is 9.21. The highest BCUT2D eigenvalue weighted by Crippen LogP contribution is 2.36. The van der Waals surface area contributed by atoms with Gasteiger partial charge in [0.05, 0.1) is 4.91 Å². The van der Waals surface area contributed by atoms with Crippen LogP contribution in [0.2, 0.25) is 0 Å². The van der Waals surface area contributed by atoms with Crippen LogP contribution in [-0.2, 0) is 4.79 Å². The molecule has 2 aliphatic rings. The molecule has 1 aliphatic carbocycles. The third-order valence-corrected chi connectivity index (χ3v) is 3.85. The number of thioether (sulfide) groups is 1. The molecule has 1 amide bonds. The molecule has 4 heteroatoms. The third-order valence-electron chi connectivity index (χ3n) is 2.32. The van der Waals surface area contributed by atoms with Gasteiger partial charge in [0, 0.05) is 7.05 Å². The summed E-state index contributed by atoms with van der Waals surface area (Å²) in [7, 11) is 1.73. The van der Waals surface area contributed by atoms with Gasteiger partial charge in [0.2, 0.25) is 0 Å². The van der Waals surface area contributed by atoms with E-state index in [1.807, 2.05) is 6.08 Å². The van der Waals surface area contributed by atoms with Crippen LogP contribution in [0.4, 0.5) is 0 Å². The Kier molecular flexibility index (Phi) is 2.43. The maximum absolute atomic E-state index is 11.5. The molecular formula is C9H11NOS2. The van der Waals surface area contributed by atoms with Gasteiger partial charge in [-0.15, -0.1) is 0 Å². The van der Waals surface area contributed by atoms with E-state index < -0.39 is 0 Å². The summed E-state index contributed by atoms with van der Waals surface area (Å²) in [4.78, 5) is 13.9. The van der Waals surface area contributed by atoms with E-state index in [-0.39, 0.29) is 5.91 Å². The zero-order chi connectivity index (χ0) is 9.42. The number of rotatable bonds is 2. The molecule has 1 saturated heterocycles. The fourth-order valence-corrected chi connectivity index (χ4v) is 2.37. The zero-order valence-corrected chi connectivity index (χ0v) is 9.08. The van der Waals surface area contributed by atoms with Gasteiger partial charge in [0.15, 0.2) is 0 Å².